The number of aliphatic hydroxyl groups excluding tert-OH is 1. The molecule has 0 spiro atoms. The van der Waals surface area contributed by atoms with Crippen LogP contribution in [-0.2, 0) is 21.4 Å². The average molecular weight is 369 g/mol. The van der Waals surface area contributed by atoms with Crippen LogP contribution in [-0.4, -0.2) is 68.0 Å². The van der Waals surface area contributed by atoms with Crippen molar-refractivity contribution in [2.75, 3.05) is 27.2 Å². The number of benzene rings is 1. The fraction of sp³-hybridized carbons (Fsp3) is 0.588. The lowest BCUT2D eigenvalue weighted by Gasteiger charge is -2.36. The van der Waals surface area contributed by atoms with Crippen LogP contribution in [0.15, 0.2) is 18.2 Å². The van der Waals surface area contributed by atoms with Gasteiger partial charge in [-0.15, -0.1) is 0 Å². The number of carbonyl (C=O) groups excluding carboxylic acids is 1. The summed E-state index contributed by atoms with van der Waals surface area (Å²) in [4.78, 5) is 14.1. The maximum atomic E-state index is 12.5. The highest BCUT2D eigenvalue weighted by Gasteiger charge is 2.33. The molecule has 2 N–H and O–H groups in total. The summed E-state index contributed by atoms with van der Waals surface area (Å²) in [6, 6.07) is 5.42. The van der Waals surface area contributed by atoms with Crippen LogP contribution < -0.4 is 4.72 Å². The van der Waals surface area contributed by atoms with Crippen molar-refractivity contribution in [1.82, 2.24) is 13.9 Å². The van der Waals surface area contributed by atoms with E-state index in [4.69, 9.17) is 0 Å². The molecular formula is C17H27N3O4S. The third kappa shape index (κ3) is 5.01. The van der Waals surface area contributed by atoms with Crippen LogP contribution in [0.2, 0.25) is 0 Å². The van der Waals surface area contributed by atoms with E-state index in [1.165, 1.54) is 14.1 Å². The monoisotopic (exact) mass is 369 g/mol. The van der Waals surface area contributed by atoms with Gasteiger partial charge in [-0.05, 0) is 31.4 Å². The Morgan fingerprint density at radius 2 is 2.04 bits per heavy atom. The molecule has 0 saturated carbocycles. The third-order valence-corrected chi connectivity index (χ3v) is 6.12. The fourth-order valence-electron chi connectivity index (χ4n) is 2.86. The molecular weight excluding hydrogens is 342 g/mol. The Hall–Kier alpha value is -1.48. The van der Waals surface area contributed by atoms with Gasteiger partial charge in [0.25, 0.3) is 10.2 Å². The van der Waals surface area contributed by atoms with Crippen molar-refractivity contribution in [3.8, 4) is 0 Å². The quantitative estimate of drug-likeness (QED) is 0.776. The first-order valence-corrected chi connectivity index (χ1v) is 9.76. The van der Waals surface area contributed by atoms with Crippen molar-refractivity contribution >= 4 is 16.1 Å². The lowest BCUT2D eigenvalue weighted by molar-refractivity contribution is -0.134. The Kier molecular flexibility index (Phi) is 6.21. The van der Waals surface area contributed by atoms with Gasteiger partial charge in [-0.1, -0.05) is 23.8 Å². The van der Waals surface area contributed by atoms with E-state index in [0.717, 1.165) is 21.0 Å². The Balaban J connectivity index is 1.98. The minimum absolute atomic E-state index is 0.0540. The first-order chi connectivity index (χ1) is 11.6. The minimum atomic E-state index is -3.61. The van der Waals surface area contributed by atoms with Crippen molar-refractivity contribution in [3.63, 3.8) is 0 Å². The number of aryl methyl sites for hydroxylation is 2. The minimum Gasteiger partial charge on any atom is -0.390 e. The molecule has 1 aromatic rings. The van der Waals surface area contributed by atoms with Crippen LogP contribution in [0.5, 0.6) is 0 Å². The van der Waals surface area contributed by atoms with Crippen LogP contribution >= 0.6 is 0 Å². The number of hydrogen-bond donors (Lipinski definition) is 2. The molecule has 0 aliphatic carbocycles. The number of hydrogen-bond acceptors (Lipinski definition) is 4. The Labute approximate surface area is 149 Å². The number of nitrogens with zero attached hydrogens (tertiary/aromatic N) is 2. The summed E-state index contributed by atoms with van der Waals surface area (Å²) in [7, 11) is -0.751. The molecule has 0 bridgehead atoms. The van der Waals surface area contributed by atoms with E-state index in [2.05, 4.69) is 4.72 Å². The second-order valence-corrected chi connectivity index (χ2v) is 8.73. The Morgan fingerprint density at radius 1 is 1.36 bits per heavy atom. The summed E-state index contributed by atoms with van der Waals surface area (Å²) < 4.78 is 27.3. The largest absolute Gasteiger partial charge is 0.390 e. The SMILES string of the molecule is Cc1ccc(C)c(CC(=O)N2CC[C@@H](NS(=O)(=O)N(C)C)[C@H](O)C2)c1. The number of piperidine rings is 1. The summed E-state index contributed by atoms with van der Waals surface area (Å²) in [6.07, 6.45) is -0.257. The van der Waals surface area contributed by atoms with Crippen LogP contribution in [0.25, 0.3) is 0 Å². The highest BCUT2D eigenvalue weighted by atomic mass is 32.2. The van der Waals surface area contributed by atoms with Crippen molar-refractivity contribution in [1.29, 1.82) is 0 Å². The van der Waals surface area contributed by atoms with E-state index in [1.807, 2.05) is 32.0 Å². The van der Waals surface area contributed by atoms with Gasteiger partial charge in [-0.3, -0.25) is 4.79 Å². The van der Waals surface area contributed by atoms with Crippen LogP contribution in [0.3, 0.4) is 0 Å². The molecule has 1 fully saturated rings. The number of likely N-dealkylation sites (tertiary alicyclic amines) is 1. The number of nitrogens with one attached hydrogen (secondary N) is 1. The summed E-state index contributed by atoms with van der Waals surface area (Å²) in [6.45, 7) is 4.50. The van der Waals surface area contributed by atoms with Crippen molar-refractivity contribution in [2.24, 2.45) is 0 Å². The van der Waals surface area contributed by atoms with Gasteiger partial charge in [-0.25, -0.2) is 0 Å². The summed E-state index contributed by atoms with van der Waals surface area (Å²) in [5, 5.41) is 10.3. The molecule has 8 heteroatoms. The molecule has 1 saturated heterocycles. The zero-order valence-electron chi connectivity index (χ0n) is 15.2. The van der Waals surface area contributed by atoms with Crippen LogP contribution in [0.1, 0.15) is 23.1 Å². The molecule has 2 rings (SSSR count). The number of aliphatic hydroxyl groups is 1. The fourth-order valence-corrected chi connectivity index (χ4v) is 3.73. The molecule has 1 heterocycles. The number of β-amino-alcohol motifs (C(OH)–C–C–N with tert-alkyl or cyclic N) is 1. The maximum Gasteiger partial charge on any atom is 0.279 e. The first-order valence-electron chi connectivity index (χ1n) is 8.32. The van der Waals surface area contributed by atoms with E-state index >= 15 is 0 Å². The smallest absolute Gasteiger partial charge is 0.279 e. The molecule has 0 radical (unpaired) electrons. The highest BCUT2D eigenvalue weighted by molar-refractivity contribution is 7.87. The van der Waals surface area contributed by atoms with E-state index < -0.39 is 22.4 Å². The van der Waals surface area contributed by atoms with E-state index in [-0.39, 0.29) is 18.9 Å². The molecule has 7 nitrogen and oxygen atoms in total. The highest BCUT2D eigenvalue weighted by Crippen LogP contribution is 2.17. The Bertz CT molecular complexity index is 733. The van der Waals surface area contributed by atoms with Gasteiger partial charge in [0.15, 0.2) is 0 Å². The van der Waals surface area contributed by atoms with Gasteiger partial charge >= 0.3 is 0 Å². The molecule has 1 aromatic carbocycles. The second kappa shape index (κ2) is 7.82. The zero-order valence-corrected chi connectivity index (χ0v) is 16.0. The summed E-state index contributed by atoms with van der Waals surface area (Å²) in [5.41, 5.74) is 3.15. The molecule has 25 heavy (non-hydrogen) atoms. The second-order valence-electron chi connectivity index (χ2n) is 6.81. The molecule has 2 atom stereocenters. The number of carbonyl (C=O) groups is 1. The van der Waals surface area contributed by atoms with E-state index in [0.29, 0.717) is 13.0 Å². The van der Waals surface area contributed by atoms with Gasteiger partial charge in [0, 0.05) is 27.2 Å². The third-order valence-electron chi connectivity index (χ3n) is 4.56. The molecule has 140 valence electrons. The summed E-state index contributed by atoms with van der Waals surface area (Å²) in [5.74, 6) is -0.0540. The maximum absolute atomic E-state index is 12.5. The van der Waals surface area contributed by atoms with Gasteiger partial charge in [-0.2, -0.15) is 17.4 Å². The molecule has 0 aromatic heterocycles. The number of amides is 1. The van der Waals surface area contributed by atoms with Gasteiger partial charge < -0.3 is 10.0 Å². The van der Waals surface area contributed by atoms with Crippen LogP contribution in [0, 0.1) is 13.8 Å². The van der Waals surface area contributed by atoms with E-state index in [1.54, 1.807) is 4.90 Å². The summed E-state index contributed by atoms with van der Waals surface area (Å²) >= 11 is 0. The van der Waals surface area contributed by atoms with Crippen molar-refractivity contribution < 1.29 is 18.3 Å². The molecule has 0 unspecified atom stereocenters. The average Bonchev–Trinajstić information content (AvgIpc) is 2.52. The van der Waals surface area contributed by atoms with Gasteiger partial charge in [0.05, 0.1) is 18.6 Å². The molecule has 1 aliphatic heterocycles. The zero-order chi connectivity index (χ0) is 18.8. The van der Waals surface area contributed by atoms with Gasteiger partial charge in [0.1, 0.15) is 0 Å². The standard InChI is InChI=1S/C17H27N3O4S/c1-12-5-6-13(2)14(9-12)10-17(22)20-8-7-15(16(21)11-20)18-25(23,24)19(3)4/h5-6,9,15-16,18,21H,7-8,10-11H2,1-4H3/t15-,16-/m1/s1. The van der Waals surface area contributed by atoms with E-state index in [9.17, 15) is 18.3 Å². The van der Waals surface area contributed by atoms with Crippen molar-refractivity contribution in [3.05, 3.63) is 34.9 Å². The predicted octanol–water partition coefficient (Wildman–Crippen LogP) is 0.204. The normalized spacial score (nSPS) is 21.6. The predicted molar refractivity (Wildman–Crippen MR) is 96.4 cm³/mol. The lowest BCUT2D eigenvalue weighted by atomic mass is 9.99. The Morgan fingerprint density at radius 3 is 2.64 bits per heavy atom. The lowest BCUT2D eigenvalue weighted by Crippen LogP contribution is -2.56. The molecule has 1 aliphatic rings. The first kappa shape index (κ1) is 19.8. The molecule has 1 amide bonds. The number of rotatable bonds is 5. The van der Waals surface area contributed by atoms with Crippen LogP contribution in [0.4, 0.5) is 0 Å². The van der Waals surface area contributed by atoms with Crippen molar-refractivity contribution in [2.45, 2.75) is 38.8 Å². The van der Waals surface area contributed by atoms with Gasteiger partial charge in [0.2, 0.25) is 5.91 Å². The topological polar surface area (TPSA) is 90.0 Å².